The van der Waals surface area contributed by atoms with Crippen molar-refractivity contribution >= 4 is 113 Å². The number of hydrogen-bond donors (Lipinski definition) is 0. The average Bonchev–Trinajstić information content (AvgIpc) is 3.08. The van der Waals surface area contributed by atoms with Gasteiger partial charge in [-0.15, -0.1) is 12.4 Å². The van der Waals surface area contributed by atoms with Gasteiger partial charge in [0.2, 0.25) is 11.1 Å². The van der Waals surface area contributed by atoms with E-state index in [0.717, 1.165) is 6.07 Å². The van der Waals surface area contributed by atoms with Crippen LogP contribution in [0, 0.1) is 37.3 Å². The van der Waals surface area contributed by atoms with E-state index in [1.807, 2.05) is 0 Å². The van der Waals surface area contributed by atoms with Crippen molar-refractivity contribution in [1.29, 1.82) is 0 Å². The molecule has 0 spiro atoms. The third kappa shape index (κ3) is 20.2. The van der Waals surface area contributed by atoms with Crippen LogP contribution in [0.15, 0.2) is 50.2 Å². The lowest BCUT2D eigenvalue weighted by atomic mass is 10.0. The van der Waals surface area contributed by atoms with Crippen molar-refractivity contribution in [2.24, 2.45) is 0 Å². The van der Waals surface area contributed by atoms with Gasteiger partial charge in [-0.25, -0.2) is 4.98 Å². The van der Waals surface area contributed by atoms with Gasteiger partial charge in [-0.05, 0) is 82.4 Å². The summed E-state index contributed by atoms with van der Waals surface area (Å²) >= 11 is 14.6. The van der Waals surface area contributed by atoms with Crippen molar-refractivity contribution < 1.29 is 52.9 Å². The number of pyridine rings is 3. The fraction of sp³-hybridized carbons (Fsp3) is 0.367. The zero-order valence-corrected chi connectivity index (χ0v) is 35.7. The van der Waals surface area contributed by atoms with Gasteiger partial charge in [-0.3, -0.25) is 59.5 Å². The molecule has 0 aromatic carbocycles. The van der Waals surface area contributed by atoms with Gasteiger partial charge >= 0.3 is 29.6 Å². The van der Waals surface area contributed by atoms with E-state index in [2.05, 4.69) is 72.2 Å². The highest BCUT2D eigenvalue weighted by Crippen LogP contribution is 2.29. The predicted molar refractivity (Wildman–Crippen MR) is 207 cm³/mol. The topological polar surface area (TPSA) is 273 Å². The molecule has 3 aromatic rings. The SMILES string of the molecule is CCOC(=O)C(C(=O)OCC)c1ncc(Br)cc1[N+](=O)[O-].CCOC(=O)CC(=O)OCC.Cc1ncc(Br)cc1[N+](=O)[O-].Cl.O=[N+]([O-])c1cc(Br)cnc1Cl. The molecule has 0 aliphatic heterocycles. The summed E-state index contributed by atoms with van der Waals surface area (Å²) in [6, 6.07) is 3.89. The first-order valence-corrected chi connectivity index (χ1v) is 17.8. The Hall–Kier alpha value is -4.45. The Morgan fingerprint density at radius 1 is 0.655 bits per heavy atom. The van der Waals surface area contributed by atoms with E-state index in [-0.39, 0.29) is 67.5 Å². The highest BCUT2D eigenvalue weighted by atomic mass is 79.9. The molecule has 0 atom stereocenters. The first-order valence-electron chi connectivity index (χ1n) is 15.0. The standard InChI is InChI=1S/C12H13BrN2O6.C7H12O4.C6H5BrN2O2.C5H2BrClN2O2.ClH/c1-3-20-11(16)9(12(17)21-4-2)10-8(15(18)19)5-7(13)6-14-10;1-3-10-6(8)5-7(9)11-4-2;1-4-6(9(10)11)2-5(7)3-8-4;6-3-1-4(9(10)11)5(7)8-2-3;/h5-6,9H,3-4H2,1-2H3;3-5H2,1-2H3;2-3H,1H3;1-2H;1H. The second kappa shape index (κ2) is 28.0. The summed E-state index contributed by atoms with van der Waals surface area (Å²) in [6.07, 6.45) is 3.90. The third-order valence-electron chi connectivity index (χ3n) is 5.49. The lowest BCUT2D eigenvalue weighted by molar-refractivity contribution is -0.386. The number of carbonyl (C=O) groups is 4. The van der Waals surface area contributed by atoms with Crippen LogP contribution in [0.25, 0.3) is 0 Å². The lowest BCUT2D eigenvalue weighted by Gasteiger charge is -2.14. The number of nitrogens with zero attached hydrogens (tertiary/aromatic N) is 6. The number of halogens is 5. The van der Waals surface area contributed by atoms with Crippen LogP contribution in [-0.2, 0) is 38.1 Å². The summed E-state index contributed by atoms with van der Waals surface area (Å²) in [5, 5.41) is 31.5. The predicted octanol–water partition coefficient (Wildman–Crippen LogP) is 7.35. The number of hydrogen-bond acceptors (Lipinski definition) is 17. The number of aryl methyl sites for hydroxylation is 1. The first kappa shape index (κ1) is 52.7. The van der Waals surface area contributed by atoms with Gasteiger partial charge in [0.1, 0.15) is 17.8 Å². The molecule has 0 radical (unpaired) electrons. The Morgan fingerprint density at radius 3 is 1.38 bits per heavy atom. The van der Waals surface area contributed by atoms with Crippen LogP contribution in [0.1, 0.15) is 51.4 Å². The van der Waals surface area contributed by atoms with Crippen LogP contribution in [-0.4, -0.2) is 80.0 Å². The molecule has 0 N–H and O–H groups in total. The number of ether oxygens (including phenoxy) is 4. The van der Waals surface area contributed by atoms with Crippen LogP contribution in [0.5, 0.6) is 0 Å². The van der Waals surface area contributed by atoms with E-state index in [0.29, 0.717) is 19.1 Å². The van der Waals surface area contributed by atoms with E-state index in [1.54, 1.807) is 34.6 Å². The summed E-state index contributed by atoms with van der Waals surface area (Å²) in [5.74, 6) is -4.53. The van der Waals surface area contributed by atoms with Gasteiger partial charge in [0.05, 0.1) is 41.2 Å². The fourth-order valence-electron chi connectivity index (χ4n) is 3.34. The number of aromatic nitrogens is 3. The van der Waals surface area contributed by atoms with Gasteiger partial charge in [0.15, 0.2) is 0 Å². The normalized spacial score (nSPS) is 9.56. The quantitative estimate of drug-likeness (QED) is 0.0428. The van der Waals surface area contributed by atoms with E-state index in [9.17, 15) is 49.5 Å². The minimum Gasteiger partial charge on any atom is -0.466 e. The van der Waals surface area contributed by atoms with Gasteiger partial charge < -0.3 is 18.9 Å². The van der Waals surface area contributed by atoms with E-state index < -0.39 is 50.3 Å². The molecule has 0 bridgehead atoms. The molecule has 0 aliphatic rings. The molecule has 3 heterocycles. The Morgan fingerprint density at radius 2 is 1.02 bits per heavy atom. The van der Waals surface area contributed by atoms with E-state index in [4.69, 9.17) is 21.1 Å². The Balaban J connectivity index is 0. The minimum atomic E-state index is -1.58. The molecule has 3 rings (SSSR count). The van der Waals surface area contributed by atoms with Crippen molar-refractivity contribution in [2.75, 3.05) is 26.4 Å². The number of carbonyl (C=O) groups excluding carboxylic acids is 4. The second-order valence-corrected chi connectivity index (χ2v) is 12.4. The van der Waals surface area contributed by atoms with Crippen molar-refractivity contribution in [3.8, 4) is 0 Å². The molecule has 0 amide bonds. The van der Waals surface area contributed by atoms with E-state index in [1.165, 1.54) is 30.7 Å². The largest absolute Gasteiger partial charge is 0.466 e. The molecule has 0 unspecified atom stereocenters. The van der Waals surface area contributed by atoms with Crippen LogP contribution in [0.2, 0.25) is 5.15 Å². The first-order chi connectivity index (χ1) is 25.3. The molecular formula is C30H33Br3Cl2N6O14. The van der Waals surface area contributed by atoms with Crippen molar-refractivity contribution in [3.63, 3.8) is 0 Å². The summed E-state index contributed by atoms with van der Waals surface area (Å²) in [5.41, 5.74) is -0.491. The van der Waals surface area contributed by atoms with Crippen molar-refractivity contribution in [1.82, 2.24) is 15.0 Å². The zero-order valence-electron chi connectivity index (χ0n) is 29.4. The molecule has 0 saturated heterocycles. The lowest BCUT2D eigenvalue weighted by Crippen LogP contribution is -2.27. The monoisotopic (exact) mass is 1010 g/mol. The molecule has 25 heteroatoms. The maximum absolute atomic E-state index is 11.9. The molecule has 55 heavy (non-hydrogen) atoms. The smallest absolute Gasteiger partial charge is 0.326 e. The molecule has 20 nitrogen and oxygen atoms in total. The summed E-state index contributed by atoms with van der Waals surface area (Å²) in [7, 11) is 0. The fourth-order valence-corrected chi connectivity index (χ4v) is 4.47. The molecule has 0 fully saturated rings. The van der Waals surface area contributed by atoms with Crippen molar-refractivity contribution in [3.05, 3.63) is 97.1 Å². The zero-order chi connectivity index (χ0) is 41.5. The maximum atomic E-state index is 11.9. The Bertz CT molecular complexity index is 1710. The molecule has 3 aromatic heterocycles. The molecular weight excluding hydrogens is 979 g/mol. The van der Waals surface area contributed by atoms with E-state index >= 15 is 0 Å². The third-order valence-corrected chi connectivity index (χ3v) is 7.08. The number of nitro groups is 3. The van der Waals surface area contributed by atoms with Crippen molar-refractivity contribution in [2.45, 2.75) is 47.0 Å². The van der Waals surface area contributed by atoms with Gasteiger partial charge in [0.25, 0.3) is 11.4 Å². The van der Waals surface area contributed by atoms with Crippen LogP contribution in [0.4, 0.5) is 17.1 Å². The van der Waals surface area contributed by atoms with Crippen LogP contribution in [0.3, 0.4) is 0 Å². The number of rotatable bonds is 12. The molecule has 0 saturated carbocycles. The summed E-state index contributed by atoms with van der Waals surface area (Å²) < 4.78 is 20.1. The highest BCUT2D eigenvalue weighted by molar-refractivity contribution is 9.11. The minimum absolute atomic E-state index is 0. The Kier molecular flexibility index (Phi) is 26.8. The van der Waals surface area contributed by atoms with Crippen LogP contribution >= 0.6 is 71.8 Å². The molecule has 0 aliphatic carbocycles. The maximum Gasteiger partial charge on any atom is 0.326 e. The van der Waals surface area contributed by atoms with Gasteiger partial charge in [-0.1, -0.05) is 11.6 Å². The summed E-state index contributed by atoms with van der Waals surface area (Å²) in [6.45, 7) is 8.72. The van der Waals surface area contributed by atoms with Gasteiger partial charge in [-0.2, -0.15) is 0 Å². The number of esters is 4. The van der Waals surface area contributed by atoms with Gasteiger partial charge in [0, 0.05) is 50.2 Å². The second-order valence-electron chi connectivity index (χ2n) is 9.27. The molecule has 302 valence electrons. The summed E-state index contributed by atoms with van der Waals surface area (Å²) in [4.78, 5) is 86.1. The Labute approximate surface area is 349 Å². The average molecular weight is 1010 g/mol. The van der Waals surface area contributed by atoms with Crippen LogP contribution < -0.4 is 0 Å². The highest BCUT2D eigenvalue weighted by Gasteiger charge is 2.38.